The number of aryl methyl sites for hydroxylation is 1. The average Bonchev–Trinajstić information content (AvgIpc) is 2.96. The second-order valence-corrected chi connectivity index (χ2v) is 7.64. The van der Waals surface area contributed by atoms with Gasteiger partial charge in [-0.1, -0.05) is 13.0 Å². The Morgan fingerprint density at radius 3 is 2.62 bits per heavy atom. The van der Waals surface area contributed by atoms with Crippen LogP contribution < -0.4 is 4.74 Å². The number of carbonyl (C=O) groups is 1. The van der Waals surface area contributed by atoms with Crippen molar-refractivity contribution >= 4 is 27.0 Å². The Kier molecular flexibility index (Phi) is 4.80. The van der Waals surface area contributed by atoms with E-state index in [-0.39, 0.29) is 10.7 Å². The largest absolute Gasteiger partial charge is 0.497 e. The third-order valence-corrected chi connectivity index (χ3v) is 5.89. The highest BCUT2D eigenvalue weighted by Crippen LogP contribution is 2.22. The summed E-state index contributed by atoms with van der Waals surface area (Å²) in [6.07, 6.45) is 0.834. The highest BCUT2D eigenvalue weighted by Gasteiger charge is 2.21. The number of carbonyl (C=O) groups excluding carboxylic acids is 1. The molecular weight excluding hydrogens is 308 g/mol. The molecule has 0 radical (unpaired) electrons. The molecule has 112 valence electrons. The number of thiophene rings is 1. The van der Waals surface area contributed by atoms with Crippen LogP contribution in [0.1, 0.15) is 21.5 Å². The van der Waals surface area contributed by atoms with Crippen LogP contribution in [0, 0.1) is 0 Å². The van der Waals surface area contributed by atoms with E-state index in [0.717, 1.165) is 11.3 Å². The first-order chi connectivity index (χ1) is 9.96. The number of Topliss-reactive ketones (excluding diaryl/α,β-unsaturated/α-hetero) is 1. The molecule has 4 nitrogen and oxygen atoms in total. The molecule has 0 aliphatic carbocycles. The fourth-order valence-corrected chi connectivity index (χ4v) is 4.06. The van der Waals surface area contributed by atoms with Crippen LogP contribution in [0.4, 0.5) is 0 Å². The van der Waals surface area contributed by atoms with Crippen LogP contribution in [-0.2, 0) is 16.3 Å². The molecule has 6 heteroatoms. The van der Waals surface area contributed by atoms with E-state index in [0.29, 0.717) is 10.6 Å². The summed E-state index contributed by atoms with van der Waals surface area (Å²) in [4.78, 5) is 13.8. The minimum atomic E-state index is -3.66. The minimum absolute atomic E-state index is 0.0995. The topological polar surface area (TPSA) is 60.4 Å². The van der Waals surface area contributed by atoms with Gasteiger partial charge in [0.1, 0.15) is 11.5 Å². The van der Waals surface area contributed by atoms with E-state index in [2.05, 4.69) is 0 Å². The van der Waals surface area contributed by atoms with Crippen molar-refractivity contribution in [3.63, 3.8) is 0 Å². The van der Waals surface area contributed by atoms with Crippen LogP contribution >= 0.6 is 11.3 Å². The maximum Gasteiger partial charge on any atom is 0.188 e. The third-order valence-electron chi connectivity index (χ3n) is 3.01. The van der Waals surface area contributed by atoms with Gasteiger partial charge in [0.25, 0.3) is 0 Å². The first kappa shape index (κ1) is 15.7. The normalized spacial score (nSPS) is 11.3. The van der Waals surface area contributed by atoms with E-state index in [1.54, 1.807) is 18.2 Å². The molecule has 0 saturated heterocycles. The maximum absolute atomic E-state index is 12.3. The van der Waals surface area contributed by atoms with E-state index in [1.807, 2.05) is 13.0 Å². The Morgan fingerprint density at radius 1 is 1.24 bits per heavy atom. The Bertz CT molecular complexity index is 745. The zero-order chi connectivity index (χ0) is 15.5. The highest BCUT2D eigenvalue weighted by molar-refractivity contribution is 7.92. The summed E-state index contributed by atoms with van der Waals surface area (Å²) < 4.78 is 29.6. The van der Waals surface area contributed by atoms with Gasteiger partial charge in [-0.2, -0.15) is 0 Å². The van der Waals surface area contributed by atoms with Crippen LogP contribution in [0.2, 0.25) is 0 Å². The van der Waals surface area contributed by atoms with Crippen molar-refractivity contribution in [3.8, 4) is 5.75 Å². The zero-order valence-corrected chi connectivity index (χ0v) is 13.5. The maximum atomic E-state index is 12.3. The van der Waals surface area contributed by atoms with E-state index in [9.17, 15) is 13.2 Å². The first-order valence-electron chi connectivity index (χ1n) is 6.45. The number of ether oxygens (including phenoxy) is 1. The van der Waals surface area contributed by atoms with Gasteiger partial charge in [0.2, 0.25) is 0 Å². The summed E-state index contributed by atoms with van der Waals surface area (Å²) in [6, 6.07) is 9.69. The molecule has 0 aliphatic heterocycles. The molecule has 0 fully saturated rings. The van der Waals surface area contributed by atoms with Crippen LogP contribution in [-0.4, -0.2) is 27.1 Å². The molecule has 1 aromatic carbocycles. The standard InChI is InChI=1S/C15H16O4S2/c1-3-12-7-8-15(20-12)14(16)10-21(17,18)13-6-4-5-11(9-13)19-2/h4-9H,3,10H2,1-2H3. The van der Waals surface area contributed by atoms with Gasteiger partial charge in [0.15, 0.2) is 15.6 Å². The SMILES string of the molecule is CCc1ccc(C(=O)CS(=O)(=O)c2cccc(OC)c2)s1. The quantitative estimate of drug-likeness (QED) is 0.767. The Morgan fingerprint density at radius 2 is 2.00 bits per heavy atom. The number of ketones is 1. The summed E-state index contributed by atoms with van der Waals surface area (Å²) in [7, 11) is -2.19. The van der Waals surface area contributed by atoms with E-state index in [4.69, 9.17) is 4.74 Å². The molecule has 21 heavy (non-hydrogen) atoms. The van der Waals surface area contributed by atoms with E-state index in [1.165, 1.54) is 30.6 Å². The molecule has 0 aliphatic rings. The molecule has 2 aromatic rings. The van der Waals surface area contributed by atoms with Crippen LogP contribution in [0.3, 0.4) is 0 Å². The van der Waals surface area contributed by atoms with Crippen molar-refractivity contribution in [2.45, 2.75) is 18.2 Å². The molecule has 0 bridgehead atoms. The fourth-order valence-electron chi connectivity index (χ4n) is 1.84. The van der Waals surface area contributed by atoms with Gasteiger partial charge >= 0.3 is 0 Å². The minimum Gasteiger partial charge on any atom is -0.497 e. The average molecular weight is 324 g/mol. The lowest BCUT2D eigenvalue weighted by Crippen LogP contribution is -2.15. The molecular formula is C15H16O4S2. The number of benzene rings is 1. The summed E-state index contributed by atoms with van der Waals surface area (Å²) in [5.41, 5.74) is 0. The van der Waals surface area contributed by atoms with Gasteiger partial charge in [-0.15, -0.1) is 11.3 Å². The number of hydrogen-bond acceptors (Lipinski definition) is 5. The second-order valence-electron chi connectivity index (χ2n) is 4.48. The lowest BCUT2D eigenvalue weighted by atomic mass is 10.3. The predicted octanol–water partition coefficient (Wildman–Crippen LogP) is 2.98. The van der Waals surface area contributed by atoms with Gasteiger partial charge in [-0.25, -0.2) is 8.42 Å². The van der Waals surface area contributed by atoms with Crippen LogP contribution in [0.5, 0.6) is 5.75 Å². The lowest BCUT2D eigenvalue weighted by molar-refractivity contribution is 0.102. The summed E-state index contributed by atoms with van der Waals surface area (Å²) in [6.45, 7) is 1.99. The summed E-state index contributed by atoms with van der Waals surface area (Å²) in [5, 5.41) is 0. The fraction of sp³-hybridized carbons (Fsp3) is 0.267. The Hall–Kier alpha value is -1.66. The van der Waals surface area contributed by atoms with Crippen LogP contribution in [0.25, 0.3) is 0 Å². The van der Waals surface area contributed by atoms with Crippen molar-refractivity contribution in [1.29, 1.82) is 0 Å². The summed E-state index contributed by atoms with van der Waals surface area (Å²) >= 11 is 1.35. The Labute approximate surface area is 128 Å². The van der Waals surface area contributed by atoms with Gasteiger partial charge in [0.05, 0.1) is 16.9 Å². The lowest BCUT2D eigenvalue weighted by Gasteiger charge is -2.05. The monoisotopic (exact) mass is 324 g/mol. The number of hydrogen-bond donors (Lipinski definition) is 0. The second kappa shape index (κ2) is 6.41. The Balaban J connectivity index is 2.22. The summed E-state index contributed by atoms with van der Waals surface area (Å²) in [5.74, 6) is -0.445. The van der Waals surface area contributed by atoms with Crippen molar-refractivity contribution < 1.29 is 17.9 Å². The molecule has 0 atom stereocenters. The number of rotatable bonds is 6. The number of sulfone groups is 1. The van der Waals surface area contributed by atoms with Crippen molar-refractivity contribution in [2.24, 2.45) is 0 Å². The van der Waals surface area contributed by atoms with Crippen molar-refractivity contribution in [3.05, 3.63) is 46.2 Å². The van der Waals surface area contributed by atoms with Crippen molar-refractivity contribution in [1.82, 2.24) is 0 Å². The predicted molar refractivity (Wildman–Crippen MR) is 83.1 cm³/mol. The smallest absolute Gasteiger partial charge is 0.188 e. The highest BCUT2D eigenvalue weighted by atomic mass is 32.2. The molecule has 2 rings (SSSR count). The molecule has 0 spiro atoms. The molecule has 0 saturated carbocycles. The molecule has 0 amide bonds. The molecule has 0 unspecified atom stereocenters. The van der Waals surface area contributed by atoms with Crippen LogP contribution in [0.15, 0.2) is 41.3 Å². The van der Waals surface area contributed by atoms with Gasteiger partial charge in [0, 0.05) is 4.88 Å². The van der Waals surface area contributed by atoms with E-state index < -0.39 is 15.6 Å². The first-order valence-corrected chi connectivity index (χ1v) is 8.92. The van der Waals surface area contributed by atoms with Gasteiger partial charge in [-0.05, 0) is 36.8 Å². The number of methoxy groups -OCH3 is 1. The molecule has 1 aromatic heterocycles. The molecule has 1 heterocycles. The molecule has 0 N–H and O–H groups in total. The van der Waals surface area contributed by atoms with Gasteiger partial charge in [-0.3, -0.25) is 4.79 Å². The zero-order valence-electron chi connectivity index (χ0n) is 11.8. The van der Waals surface area contributed by atoms with E-state index >= 15 is 0 Å². The van der Waals surface area contributed by atoms with Crippen molar-refractivity contribution in [2.75, 3.05) is 12.9 Å². The van der Waals surface area contributed by atoms with Gasteiger partial charge < -0.3 is 4.74 Å². The third kappa shape index (κ3) is 3.71.